The number of hydrogen-bond donors (Lipinski definition) is 2. The van der Waals surface area contributed by atoms with E-state index in [0.29, 0.717) is 18.4 Å². The number of rotatable bonds is 8. The van der Waals surface area contributed by atoms with Gasteiger partial charge in [0.25, 0.3) is 0 Å². The lowest BCUT2D eigenvalue weighted by Gasteiger charge is -2.30. The van der Waals surface area contributed by atoms with Crippen LogP contribution in [0, 0.1) is 11.8 Å². The highest BCUT2D eigenvalue weighted by atomic mass is 16.5. The monoisotopic (exact) mass is 270 g/mol. The quantitative estimate of drug-likeness (QED) is 0.709. The van der Waals surface area contributed by atoms with Crippen LogP contribution in [0.1, 0.15) is 52.4 Å². The summed E-state index contributed by atoms with van der Waals surface area (Å²) in [4.78, 5) is 11.7. The molecule has 0 radical (unpaired) electrons. The zero-order valence-corrected chi connectivity index (χ0v) is 12.5. The molecule has 0 bridgehead atoms. The molecule has 19 heavy (non-hydrogen) atoms. The second-order valence-corrected chi connectivity index (χ2v) is 5.64. The number of ether oxygens (including phenoxy) is 1. The average Bonchev–Trinajstić information content (AvgIpc) is 2.45. The number of carbonyl (C=O) groups is 1. The molecule has 4 heteroatoms. The minimum Gasteiger partial charge on any atom is -0.371 e. The van der Waals surface area contributed by atoms with E-state index in [2.05, 4.69) is 19.2 Å². The van der Waals surface area contributed by atoms with E-state index >= 15 is 0 Å². The zero-order valence-electron chi connectivity index (χ0n) is 12.5. The Kier molecular flexibility index (Phi) is 8.07. The third kappa shape index (κ3) is 5.91. The molecule has 0 aromatic heterocycles. The number of hydrogen-bond acceptors (Lipinski definition) is 3. The molecule has 0 aliphatic heterocycles. The predicted molar refractivity (Wildman–Crippen MR) is 77.8 cm³/mol. The van der Waals surface area contributed by atoms with Gasteiger partial charge in [-0.05, 0) is 44.1 Å². The van der Waals surface area contributed by atoms with Crippen molar-refractivity contribution in [2.45, 2.75) is 58.4 Å². The van der Waals surface area contributed by atoms with E-state index < -0.39 is 0 Å². The molecule has 112 valence electrons. The zero-order chi connectivity index (χ0) is 14.1. The van der Waals surface area contributed by atoms with Gasteiger partial charge in [-0.2, -0.15) is 0 Å². The summed E-state index contributed by atoms with van der Waals surface area (Å²) in [5, 5.41) is 2.99. The van der Waals surface area contributed by atoms with Crippen molar-refractivity contribution in [2.24, 2.45) is 17.6 Å². The average molecular weight is 270 g/mol. The highest BCUT2D eigenvalue weighted by molar-refractivity contribution is 5.77. The van der Waals surface area contributed by atoms with Crippen molar-refractivity contribution >= 4 is 5.91 Å². The van der Waals surface area contributed by atoms with Gasteiger partial charge in [0.05, 0.1) is 6.61 Å². The van der Waals surface area contributed by atoms with Gasteiger partial charge in [-0.3, -0.25) is 4.79 Å². The Bertz CT molecular complexity index is 255. The van der Waals surface area contributed by atoms with E-state index in [1.165, 1.54) is 25.7 Å². The maximum Gasteiger partial charge on any atom is 0.246 e. The predicted octanol–water partition coefficient (Wildman–Crippen LogP) is 2.07. The highest BCUT2D eigenvalue weighted by Gasteiger charge is 2.24. The van der Waals surface area contributed by atoms with Gasteiger partial charge in [0.1, 0.15) is 6.61 Å². The standard InChI is InChI=1S/C15H30N2O2/c1-3-14(4-2)17-15(18)11-19-10-13-8-6-5-7-12(13)9-16/h12-14H,3-11,16H2,1-2H3,(H,17,18). The fraction of sp³-hybridized carbons (Fsp3) is 0.933. The normalized spacial score (nSPS) is 23.6. The summed E-state index contributed by atoms with van der Waals surface area (Å²) < 4.78 is 5.59. The summed E-state index contributed by atoms with van der Waals surface area (Å²) in [6.45, 7) is 5.78. The summed E-state index contributed by atoms with van der Waals surface area (Å²) in [5.41, 5.74) is 5.79. The minimum absolute atomic E-state index is 0.00816. The number of carbonyl (C=O) groups excluding carboxylic acids is 1. The molecule has 0 aromatic carbocycles. The fourth-order valence-electron chi connectivity index (χ4n) is 2.88. The first kappa shape index (κ1) is 16.4. The number of nitrogens with two attached hydrogens (primary N) is 1. The van der Waals surface area contributed by atoms with Gasteiger partial charge in [0, 0.05) is 6.04 Å². The molecule has 1 saturated carbocycles. The van der Waals surface area contributed by atoms with E-state index in [1.54, 1.807) is 0 Å². The van der Waals surface area contributed by atoms with Gasteiger partial charge in [-0.25, -0.2) is 0 Å². The Morgan fingerprint density at radius 1 is 1.26 bits per heavy atom. The SMILES string of the molecule is CCC(CC)NC(=O)COCC1CCCCC1CN. The van der Waals surface area contributed by atoms with Crippen molar-refractivity contribution < 1.29 is 9.53 Å². The number of amides is 1. The largest absolute Gasteiger partial charge is 0.371 e. The Balaban J connectivity index is 2.19. The first-order chi connectivity index (χ1) is 9.21. The maximum absolute atomic E-state index is 11.7. The lowest BCUT2D eigenvalue weighted by atomic mass is 9.80. The molecule has 0 spiro atoms. The van der Waals surface area contributed by atoms with E-state index in [9.17, 15) is 4.79 Å². The molecule has 0 heterocycles. The second kappa shape index (κ2) is 9.32. The molecule has 0 saturated heterocycles. The first-order valence-electron chi connectivity index (χ1n) is 7.78. The molecule has 1 amide bonds. The minimum atomic E-state index is 0.00816. The molecule has 2 atom stereocenters. The maximum atomic E-state index is 11.7. The van der Waals surface area contributed by atoms with E-state index in [4.69, 9.17) is 10.5 Å². The van der Waals surface area contributed by atoms with Crippen molar-refractivity contribution in [3.8, 4) is 0 Å². The smallest absolute Gasteiger partial charge is 0.246 e. The van der Waals surface area contributed by atoms with Gasteiger partial charge in [-0.1, -0.05) is 26.7 Å². The molecule has 3 N–H and O–H groups in total. The van der Waals surface area contributed by atoms with Crippen LogP contribution in [0.3, 0.4) is 0 Å². The summed E-state index contributed by atoms with van der Waals surface area (Å²) >= 11 is 0. The number of nitrogens with one attached hydrogen (secondary N) is 1. The molecule has 4 nitrogen and oxygen atoms in total. The molecule has 1 aliphatic carbocycles. The Morgan fingerprint density at radius 3 is 2.47 bits per heavy atom. The topological polar surface area (TPSA) is 64.3 Å². The molecular weight excluding hydrogens is 240 g/mol. The molecule has 2 unspecified atom stereocenters. The highest BCUT2D eigenvalue weighted by Crippen LogP contribution is 2.29. The van der Waals surface area contributed by atoms with Crippen LogP contribution in [0.2, 0.25) is 0 Å². The first-order valence-corrected chi connectivity index (χ1v) is 7.78. The Labute approximate surface area is 117 Å². The van der Waals surface area contributed by atoms with Crippen molar-refractivity contribution in [2.75, 3.05) is 19.8 Å². The van der Waals surface area contributed by atoms with Crippen molar-refractivity contribution in [3.63, 3.8) is 0 Å². The third-order valence-electron chi connectivity index (χ3n) is 4.29. The summed E-state index contributed by atoms with van der Waals surface area (Å²) in [5.74, 6) is 1.13. The molecular formula is C15H30N2O2. The molecule has 1 fully saturated rings. The fourth-order valence-corrected chi connectivity index (χ4v) is 2.88. The third-order valence-corrected chi connectivity index (χ3v) is 4.29. The van der Waals surface area contributed by atoms with Crippen molar-refractivity contribution in [3.05, 3.63) is 0 Å². The van der Waals surface area contributed by atoms with Gasteiger partial charge in [0.2, 0.25) is 5.91 Å². The molecule has 0 aromatic rings. The van der Waals surface area contributed by atoms with Gasteiger partial charge in [0.15, 0.2) is 0 Å². The summed E-state index contributed by atoms with van der Waals surface area (Å²) in [6.07, 6.45) is 6.90. The van der Waals surface area contributed by atoms with Crippen molar-refractivity contribution in [1.82, 2.24) is 5.32 Å². The van der Waals surface area contributed by atoms with Crippen molar-refractivity contribution in [1.29, 1.82) is 0 Å². The van der Waals surface area contributed by atoms with Gasteiger partial charge in [-0.15, -0.1) is 0 Å². The van der Waals surface area contributed by atoms with E-state index in [1.807, 2.05) is 0 Å². The van der Waals surface area contributed by atoms with Crippen LogP contribution in [0.25, 0.3) is 0 Å². The van der Waals surface area contributed by atoms with Crippen LogP contribution in [-0.4, -0.2) is 31.7 Å². The van der Waals surface area contributed by atoms with Crippen LogP contribution in [0.15, 0.2) is 0 Å². The van der Waals surface area contributed by atoms with Crippen LogP contribution in [0.4, 0.5) is 0 Å². The summed E-state index contributed by atoms with van der Waals surface area (Å²) in [6, 6.07) is 0.280. The van der Waals surface area contributed by atoms with Crippen LogP contribution in [-0.2, 0) is 9.53 Å². The summed E-state index contributed by atoms with van der Waals surface area (Å²) in [7, 11) is 0. The van der Waals surface area contributed by atoms with Crippen LogP contribution in [0.5, 0.6) is 0 Å². The van der Waals surface area contributed by atoms with Crippen LogP contribution >= 0.6 is 0 Å². The lowest BCUT2D eigenvalue weighted by Crippen LogP contribution is -2.37. The molecule has 1 rings (SSSR count). The Hall–Kier alpha value is -0.610. The van der Waals surface area contributed by atoms with E-state index in [0.717, 1.165) is 19.4 Å². The second-order valence-electron chi connectivity index (χ2n) is 5.64. The van der Waals surface area contributed by atoms with E-state index in [-0.39, 0.29) is 18.6 Å². The molecule has 1 aliphatic rings. The van der Waals surface area contributed by atoms with Gasteiger partial charge < -0.3 is 15.8 Å². The van der Waals surface area contributed by atoms with Gasteiger partial charge >= 0.3 is 0 Å². The Morgan fingerprint density at radius 2 is 1.89 bits per heavy atom. The lowest BCUT2D eigenvalue weighted by molar-refractivity contribution is -0.127. The van der Waals surface area contributed by atoms with Crippen LogP contribution < -0.4 is 11.1 Å².